The molecule has 3 aromatic rings. The van der Waals surface area contributed by atoms with Gasteiger partial charge in [0.2, 0.25) is 21.8 Å². The van der Waals surface area contributed by atoms with Crippen LogP contribution in [-0.4, -0.2) is 42.0 Å². The summed E-state index contributed by atoms with van der Waals surface area (Å²) in [6.45, 7) is 4.06. The zero-order valence-corrected chi connectivity index (χ0v) is 23.6. The Balaban J connectivity index is 1.62. The molecule has 0 aliphatic heterocycles. The molecule has 202 valence electrons. The monoisotopic (exact) mass is 553 g/mol. The predicted molar refractivity (Wildman–Crippen MR) is 151 cm³/mol. The molecule has 9 heteroatoms. The van der Waals surface area contributed by atoms with Gasteiger partial charge in [-0.2, -0.15) is 4.31 Å². The van der Waals surface area contributed by atoms with Gasteiger partial charge in [0.05, 0.1) is 18.0 Å². The third-order valence-electron chi connectivity index (χ3n) is 6.77. The highest BCUT2D eigenvalue weighted by Gasteiger charge is 2.35. The van der Waals surface area contributed by atoms with Crippen LogP contribution in [0.4, 0.5) is 5.69 Å². The standard InChI is InChI=1S/C29H35N3O4S2/c1-22-13-16-27(37-22)20-31(19-24-9-5-3-6-10-24)29(34)21-32(26-11-7-4-8-12-26)38(35,36)28-17-14-25(15-18-28)30-23(2)33/h3,5-6,9-10,13-18,26H,4,7-8,11-12,19-21H2,1-2H3,(H,30,33). The van der Waals surface area contributed by atoms with Gasteiger partial charge in [-0.25, -0.2) is 8.42 Å². The molecule has 4 rings (SSSR count). The second kappa shape index (κ2) is 12.7. The Kier molecular flexibility index (Phi) is 9.35. The number of carbonyl (C=O) groups is 2. The van der Waals surface area contributed by atoms with Crippen molar-refractivity contribution in [2.24, 2.45) is 0 Å². The van der Waals surface area contributed by atoms with Gasteiger partial charge in [-0.3, -0.25) is 9.59 Å². The van der Waals surface area contributed by atoms with Crippen LogP contribution >= 0.6 is 11.3 Å². The van der Waals surface area contributed by atoms with Crippen LogP contribution in [0.3, 0.4) is 0 Å². The Labute approximate surface area is 229 Å². The van der Waals surface area contributed by atoms with Gasteiger partial charge in [0.15, 0.2) is 0 Å². The normalized spacial score (nSPS) is 14.4. The maximum Gasteiger partial charge on any atom is 0.243 e. The molecule has 1 aromatic heterocycles. The molecule has 0 spiro atoms. The third kappa shape index (κ3) is 7.30. The lowest BCUT2D eigenvalue weighted by Crippen LogP contribution is -2.47. The van der Waals surface area contributed by atoms with Gasteiger partial charge >= 0.3 is 0 Å². The fourth-order valence-electron chi connectivity index (χ4n) is 4.86. The van der Waals surface area contributed by atoms with Crippen LogP contribution in [-0.2, 0) is 32.7 Å². The molecule has 1 N–H and O–H groups in total. The van der Waals surface area contributed by atoms with Crippen molar-refractivity contribution in [1.82, 2.24) is 9.21 Å². The molecule has 38 heavy (non-hydrogen) atoms. The Hall–Kier alpha value is -3.01. The van der Waals surface area contributed by atoms with E-state index in [1.807, 2.05) is 49.4 Å². The number of rotatable bonds is 10. The number of thiophene rings is 1. The predicted octanol–water partition coefficient (Wildman–Crippen LogP) is 5.57. The van der Waals surface area contributed by atoms with Gasteiger partial charge in [-0.1, -0.05) is 49.6 Å². The minimum Gasteiger partial charge on any atom is -0.332 e. The minimum absolute atomic E-state index is 0.119. The summed E-state index contributed by atoms with van der Waals surface area (Å²) in [5.74, 6) is -0.446. The Bertz CT molecular complexity index is 1330. The summed E-state index contributed by atoms with van der Waals surface area (Å²) in [6.07, 6.45) is 4.42. The number of hydrogen-bond acceptors (Lipinski definition) is 5. The summed E-state index contributed by atoms with van der Waals surface area (Å²) in [6, 6.07) is 19.8. The fraction of sp³-hybridized carbons (Fsp3) is 0.379. The van der Waals surface area contributed by atoms with E-state index in [0.29, 0.717) is 18.8 Å². The van der Waals surface area contributed by atoms with Crippen LogP contribution in [0.25, 0.3) is 0 Å². The van der Waals surface area contributed by atoms with E-state index in [-0.39, 0.29) is 29.3 Å². The smallest absolute Gasteiger partial charge is 0.243 e. The second-order valence-corrected chi connectivity index (χ2v) is 13.1. The van der Waals surface area contributed by atoms with Gasteiger partial charge in [-0.05, 0) is 61.7 Å². The molecule has 2 aromatic carbocycles. The lowest BCUT2D eigenvalue weighted by Gasteiger charge is -2.34. The van der Waals surface area contributed by atoms with E-state index < -0.39 is 10.0 Å². The summed E-state index contributed by atoms with van der Waals surface area (Å²) >= 11 is 1.64. The van der Waals surface area contributed by atoms with Crippen LogP contribution in [0, 0.1) is 6.92 Å². The maximum atomic E-state index is 13.9. The molecule has 7 nitrogen and oxygen atoms in total. The van der Waals surface area contributed by atoms with E-state index in [9.17, 15) is 18.0 Å². The number of amides is 2. The van der Waals surface area contributed by atoms with Crippen LogP contribution in [0.15, 0.2) is 71.6 Å². The number of aryl methyl sites for hydroxylation is 1. The topological polar surface area (TPSA) is 86.8 Å². The summed E-state index contributed by atoms with van der Waals surface area (Å²) in [5, 5.41) is 2.66. The third-order valence-corrected chi connectivity index (χ3v) is 9.66. The largest absolute Gasteiger partial charge is 0.332 e. The van der Waals surface area contributed by atoms with Crippen molar-refractivity contribution in [3.8, 4) is 0 Å². The molecule has 0 unspecified atom stereocenters. The van der Waals surface area contributed by atoms with E-state index in [1.54, 1.807) is 28.4 Å². The molecule has 0 atom stereocenters. The Morgan fingerprint density at radius 2 is 1.61 bits per heavy atom. The summed E-state index contributed by atoms with van der Waals surface area (Å²) < 4.78 is 29.2. The molecule has 0 radical (unpaired) electrons. The minimum atomic E-state index is -3.94. The first-order valence-corrected chi connectivity index (χ1v) is 15.2. The first kappa shape index (κ1) is 28.0. The quantitative estimate of drug-likeness (QED) is 0.356. The van der Waals surface area contributed by atoms with Crippen LogP contribution < -0.4 is 5.32 Å². The van der Waals surface area contributed by atoms with Crippen molar-refractivity contribution in [2.75, 3.05) is 11.9 Å². The molecular formula is C29H35N3O4S2. The summed E-state index contributed by atoms with van der Waals surface area (Å²) in [5.41, 5.74) is 1.52. The van der Waals surface area contributed by atoms with Gasteiger partial charge in [-0.15, -0.1) is 11.3 Å². The van der Waals surface area contributed by atoms with E-state index in [4.69, 9.17) is 0 Å². The molecule has 2 amide bonds. The number of hydrogen-bond donors (Lipinski definition) is 1. The van der Waals surface area contributed by atoms with E-state index in [0.717, 1.165) is 42.5 Å². The van der Waals surface area contributed by atoms with Crippen molar-refractivity contribution in [3.05, 3.63) is 82.0 Å². The van der Waals surface area contributed by atoms with Crippen LogP contribution in [0.5, 0.6) is 0 Å². The average Bonchev–Trinajstić information content (AvgIpc) is 3.32. The van der Waals surface area contributed by atoms with Crippen molar-refractivity contribution >= 4 is 38.9 Å². The number of carbonyl (C=O) groups excluding carboxylic acids is 2. The van der Waals surface area contributed by atoms with Gasteiger partial charge in [0.1, 0.15) is 0 Å². The molecule has 1 heterocycles. The van der Waals surface area contributed by atoms with E-state index in [2.05, 4.69) is 5.32 Å². The zero-order chi connectivity index (χ0) is 27.1. The van der Waals surface area contributed by atoms with Crippen molar-refractivity contribution in [1.29, 1.82) is 0 Å². The van der Waals surface area contributed by atoms with Crippen LogP contribution in [0.2, 0.25) is 0 Å². The van der Waals surface area contributed by atoms with Gasteiger partial charge in [0.25, 0.3) is 0 Å². The molecule has 0 saturated heterocycles. The first-order valence-electron chi connectivity index (χ1n) is 13.0. The zero-order valence-electron chi connectivity index (χ0n) is 21.9. The van der Waals surface area contributed by atoms with Crippen molar-refractivity contribution < 1.29 is 18.0 Å². The van der Waals surface area contributed by atoms with Crippen molar-refractivity contribution in [2.45, 2.75) is 70.0 Å². The number of benzene rings is 2. The molecule has 1 aliphatic carbocycles. The second-order valence-electron chi connectivity index (χ2n) is 9.80. The summed E-state index contributed by atoms with van der Waals surface area (Å²) in [4.78, 5) is 29.3. The number of nitrogens with zero attached hydrogens (tertiary/aromatic N) is 2. The first-order chi connectivity index (χ1) is 18.2. The number of anilines is 1. The Morgan fingerprint density at radius 1 is 0.921 bits per heavy atom. The fourth-order valence-corrected chi connectivity index (χ4v) is 7.40. The van der Waals surface area contributed by atoms with E-state index >= 15 is 0 Å². The highest BCUT2D eigenvalue weighted by Crippen LogP contribution is 2.29. The number of nitrogens with one attached hydrogen (secondary N) is 1. The molecule has 1 aliphatic rings. The SMILES string of the molecule is CC(=O)Nc1ccc(S(=O)(=O)N(CC(=O)N(Cc2ccccc2)Cc2ccc(C)s2)C2CCCCC2)cc1. The van der Waals surface area contributed by atoms with E-state index in [1.165, 1.54) is 28.2 Å². The molecule has 1 saturated carbocycles. The highest BCUT2D eigenvalue weighted by molar-refractivity contribution is 7.89. The van der Waals surface area contributed by atoms with Gasteiger partial charge < -0.3 is 10.2 Å². The lowest BCUT2D eigenvalue weighted by molar-refractivity contribution is -0.133. The average molecular weight is 554 g/mol. The lowest BCUT2D eigenvalue weighted by atomic mass is 9.95. The summed E-state index contributed by atoms with van der Waals surface area (Å²) in [7, 11) is -3.94. The van der Waals surface area contributed by atoms with Crippen LogP contribution in [0.1, 0.15) is 54.3 Å². The Morgan fingerprint density at radius 3 is 2.21 bits per heavy atom. The number of sulfonamides is 1. The highest BCUT2D eigenvalue weighted by atomic mass is 32.2. The van der Waals surface area contributed by atoms with Gasteiger partial charge in [0, 0.05) is 35.0 Å². The van der Waals surface area contributed by atoms with Crippen molar-refractivity contribution in [3.63, 3.8) is 0 Å². The molecule has 0 bridgehead atoms. The molecular weight excluding hydrogens is 518 g/mol. The molecule has 1 fully saturated rings. The maximum absolute atomic E-state index is 13.9.